The Kier molecular flexibility index (Phi) is 7.72. The van der Waals surface area contributed by atoms with Gasteiger partial charge in [-0.05, 0) is 23.8 Å². The van der Waals surface area contributed by atoms with E-state index in [1.807, 2.05) is 42.5 Å². The lowest BCUT2D eigenvalue weighted by atomic mass is 10.0. The van der Waals surface area contributed by atoms with Gasteiger partial charge in [-0.25, -0.2) is 0 Å². The molecular formula is C19H23Cl2N3O2. The van der Waals surface area contributed by atoms with Crippen LogP contribution in [0.4, 0.5) is 5.69 Å². The van der Waals surface area contributed by atoms with Crippen LogP contribution in [0.25, 0.3) is 0 Å². The average Bonchev–Trinajstić information content (AvgIpc) is 2.63. The first-order valence-corrected chi connectivity index (χ1v) is 8.68. The fourth-order valence-corrected chi connectivity index (χ4v) is 3.34. The van der Waals surface area contributed by atoms with Crippen LogP contribution >= 0.6 is 24.0 Å². The predicted octanol–water partition coefficient (Wildman–Crippen LogP) is 3.36. The number of amides is 1. The van der Waals surface area contributed by atoms with E-state index in [0.717, 1.165) is 35.9 Å². The van der Waals surface area contributed by atoms with E-state index in [2.05, 4.69) is 15.5 Å². The van der Waals surface area contributed by atoms with Crippen LogP contribution in [-0.4, -0.2) is 44.1 Å². The molecule has 5 nitrogen and oxygen atoms in total. The summed E-state index contributed by atoms with van der Waals surface area (Å²) in [5, 5.41) is 7.05. The van der Waals surface area contributed by atoms with Crippen molar-refractivity contribution in [3.63, 3.8) is 0 Å². The van der Waals surface area contributed by atoms with E-state index in [4.69, 9.17) is 16.3 Å². The molecule has 2 aromatic rings. The number of piperazine rings is 1. The Morgan fingerprint density at radius 3 is 2.88 bits per heavy atom. The predicted molar refractivity (Wildman–Crippen MR) is 108 cm³/mol. The summed E-state index contributed by atoms with van der Waals surface area (Å²) in [4.78, 5) is 14.7. The van der Waals surface area contributed by atoms with Crippen molar-refractivity contribution in [1.29, 1.82) is 0 Å². The molecule has 0 spiro atoms. The van der Waals surface area contributed by atoms with Gasteiger partial charge in [0.05, 0.1) is 13.7 Å². The SMILES string of the molecule is COc1cccc(NC(=O)CN2CCNCC2c2ccccc2Cl)c1.Cl. The molecule has 0 saturated carbocycles. The second-order valence-electron chi connectivity index (χ2n) is 5.99. The summed E-state index contributed by atoms with van der Waals surface area (Å²) in [5.74, 6) is 0.668. The molecule has 26 heavy (non-hydrogen) atoms. The minimum atomic E-state index is -0.0489. The maximum atomic E-state index is 12.5. The van der Waals surface area contributed by atoms with E-state index in [9.17, 15) is 4.79 Å². The van der Waals surface area contributed by atoms with Gasteiger partial charge in [0, 0.05) is 42.5 Å². The third-order valence-corrected chi connectivity index (χ3v) is 4.66. The molecule has 3 rings (SSSR count). The van der Waals surface area contributed by atoms with Gasteiger partial charge in [0.1, 0.15) is 5.75 Å². The molecule has 2 N–H and O–H groups in total. The maximum Gasteiger partial charge on any atom is 0.238 e. The smallest absolute Gasteiger partial charge is 0.238 e. The van der Waals surface area contributed by atoms with E-state index in [-0.39, 0.29) is 24.4 Å². The molecule has 0 bridgehead atoms. The number of halogens is 2. The van der Waals surface area contributed by atoms with Crippen molar-refractivity contribution in [2.75, 3.05) is 38.6 Å². The van der Waals surface area contributed by atoms with Gasteiger partial charge in [0.25, 0.3) is 0 Å². The van der Waals surface area contributed by atoms with Crippen LogP contribution in [0.5, 0.6) is 5.75 Å². The minimum absolute atomic E-state index is 0. The summed E-state index contributed by atoms with van der Waals surface area (Å²) in [7, 11) is 1.61. The van der Waals surface area contributed by atoms with E-state index < -0.39 is 0 Å². The summed E-state index contributed by atoms with van der Waals surface area (Å²) in [6.45, 7) is 2.74. The van der Waals surface area contributed by atoms with E-state index in [1.54, 1.807) is 13.2 Å². The highest BCUT2D eigenvalue weighted by Gasteiger charge is 2.26. The number of nitrogens with one attached hydrogen (secondary N) is 2. The number of anilines is 1. The highest BCUT2D eigenvalue weighted by Crippen LogP contribution is 2.28. The molecule has 1 amide bonds. The number of hydrogen-bond acceptors (Lipinski definition) is 4. The largest absolute Gasteiger partial charge is 0.497 e. The van der Waals surface area contributed by atoms with E-state index >= 15 is 0 Å². The first-order valence-electron chi connectivity index (χ1n) is 8.30. The molecule has 1 aliphatic heterocycles. The van der Waals surface area contributed by atoms with Crippen molar-refractivity contribution in [2.24, 2.45) is 0 Å². The Hall–Kier alpha value is -1.79. The number of hydrogen-bond donors (Lipinski definition) is 2. The number of benzene rings is 2. The number of carbonyl (C=O) groups is 1. The van der Waals surface area contributed by atoms with E-state index in [1.165, 1.54) is 0 Å². The fourth-order valence-electron chi connectivity index (χ4n) is 3.07. The minimum Gasteiger partial charge on any atom is -0.497 e. The Balaban J connectivity index is 0.00000243. The molecule has 1 atom stereocenters. The third kappa shape index (κ3) is 5.11. The monoisotopic (exact) mass is 395 g/mol. The Morgan fingerprint density at radius 1 is 1.31 bits per heavy atom. The van der Waals surface area contributed by atoms with Crippen molar-refractivity contribution in [3.8, 4) is 5.75 Å². The lowest BCUT2D eigenvalue weighted by Gasteiger charge is -2.36. The summed E-state index contributed by atoms with van der Waals surface area (Å²) in [6.07, 6.45) is 0. The van der Waals surface area contributed by atoms with Crippen LogP contribution in [0, 0.1) is 0 Å². The van der Waals surface area contributed by atoms with Crippen molar-refractivity contribution in [1.82, 2.24) is 10.2 Å². The lowest BCUT2D eigenvalue weighted by molar-refractivity contribution is -0.118. The van der Waals surface area contributed by atoms with Gasteiger partial charge in [-0.1, -0.05) is 35.9 Å². The number of ether oxygens (including phenoxy) is 1. The number of rotatable bonds is 5. The zero-order valence-electron chi connectivity index (χ0n) is 14.6. The molecule has 0 aromatic heterocycles. The first kappa shape index (κ1) is 20.5. The maximum absolute atomic E-state index is 12.5. The summed E-state index contributed by atoms with van der Waals surface area (Å²) < 4.78 is 5.19. The Bertz CT molecular complexity index is 742. The molecule has 7 heteroatoms. The van der Waals surface area contributed by atoms with Gasteiger partial charge < -0.3 is 15.4 Å². The normalized spacial score (nSPS) is 17.2. The summed E-state index contributed by atoms with van der Waals surface area (Å²) in [6, 6.07) is 15.2. The van der Waals surface area contributed by atoms with Crippen molar-refractivity contribution in [3.05, 3.63) is 59.1 Å². The van der Waals surface area contributed by atoms with E-state index in [0.29, 0.717) is 12.3 Å². The van der Waals surface area contributed by atoms with Gasteiger partial charge in [-0.2, -0.15) is 0 Å². The number of nitrogens with zero attached hydrogens (tertiary/aromatic N) is 1. The number of carbonyl (C=O) groups excluding carboxylic acids is 1. The molecule has 0 radical (unpaired) electrons. The van der Waals surface area contributed by atoms with Crippen molar-refractivity contribution < 1.29 is 9.53 Å². The van der Waals surface area contributed by atoms with Crippen molar-refractivity contribution in [2.45, 2.75) is 6.04 Å². The zero-order valence-corrected chi connectivity index (χ0v) is 16.1. The highest BCUT2D eigenvalue weighted by molar-refractivity contribution is 6.31. The second kappa shape index (κ2) is 9.78. The number of methoxy groups -OCH3 is 1. The van der Waals surface area contributed by atoms with Crippen molar-refractivity contribution >= 4 is 35.6 Å². The molecule has 1 saturated heterocycles. The first-order chi connectivity index (χ1) is 12.2. The van der Waals surface area contributed by atoms with Crippen LogP contribution in [0.1, 0.15) is 11.6 Å². The molecule has 2 aromatic carbocycles. The van der Waals surface area contributed by atoms with Crippen LogP contribution in [0.3, 0.4) is 0 Å². The zero-order chi connectivity index (χ0) is 17.6. The molecule has 140 valence electrons. The highest BCUT2D eigenvalue weighted by atomic mass is 35.5. The summed E-state index contributed by atoms with van der Waals surface area (Å²) in [5.41, 5.74) is 1.78. The molecule has 1 unspecified atom stereocenters. The van der Waals surface area contributed by atoms with Crippen LogP contribution < -0.4 is 15.4 Å². The topological polar surface area (TPSA) is 53.6 Å². The molecular weight excluding hydrogens is 373 g/mol. The molecule has 0 aliphatic carbocycles. The second-order valence-corrected chi connectivity index (χ2v) is 6.40. The third-order valence-electron chi connectivity index (χ3n) is 4.32. The van der Waals surface area contributed by atoms with Gasteiger partial charge in [0.2, 0.25) is 5.91 Å². The molecule has 1 fully saturated rings. The Morgan fingerprint density at radius 2 is 2.12 bits per heavy atom. The van der Waals surface area contributed by atoms with Crippen LogP contribution in [-0.2, 0) is 4.79 Å². The quantitative estimate of drug-likeness (QED) is 0.814. The van der Waals surface area contributed by atoms with Gasteiger partial charge in [-0.3, -0.25) is 9.69 Å². The van der Waals surface area contributed by atoms with Gasteiger partial charge in [0.15, 0.2) is 0 Å². The van der Waals surface area contributed by atoms with Crippen LogP contribution in [0.15, 0.2) is 48.5 Å². The van der Waals surface area contributed by atoms with Gasteiger partial charge >= 0.3 is 0 Å². The van der Waals surface area contributed by atoms with Crippen LogP contribution in [0.2, 0.25) is 5.02 Å². The Labute approximate surface area is 165 Å². The summed E-state index contributed by atoms with van der Waals surface area (Å²) >= 11 is 6.35. The molecule has 1 heterocycles. The fraction of sp³-hybridized carbons (Fsp3) is 0.316. The average molecular weight is 396 g/mol. The molecule has 1 aliphatic rings. The van der Waals surface area contributed by atoms with Gasteiger partial charge in [-0.15, -0.1) is 12.4 Å². The lowest BCUT2D eigenvalue weighted by Crippen LogP contribution is -2.48. The standard InChI is InChI=1S/C19H22ClN3O2.ClH/c1-25-15-6-4-5-14(11-15)22-19(24)13-23-10-9-21-12-18(23)16-7-2-3-8-17(16)20;/h2-8,11,18,21H,9-10,12-13H2,1H3,(H,22,24);1H.